The molecule has 1 aromatic carbocycles. The van der Waals surface area contributed by atoms with Crippen molar-refractivity contribution in [1.29, 1.82) is 0 Å². The molecule has 3 heterocycles. The number of fused-ring (bicyclic) bond motifs is 2. The Bertz CT molecular complexity index is 1250. The molecule has 35 heavy (non-hydrogen) atoms. The molecular formula is C22H28N4O8S. The van der Waals surface area contributed by atoms with Crippen LogP contribution in [-0.4, -0.2) is 67.8 Å². The van der Waals surface area contributed by atoms with Gasteiger partial charge in [-0.2, -0.15) is 13.4 Å². The van der Waals surface area contributed by atoms with Gasteiger partial charge in [0.05, 0.1) is 12.9 Å². The zero-order valence-corrected chi connectivity index (χ0v) is 20.6. The number of hydrogen-bond donors (Lipinski definition) is 2. The quantitative estimate of drug-likeness (QED) is 0.453. The van der Waals surface area contributed by atoms with Crippen molar-refractivity contribution in [3.63, 3.8) is 0 Å². The molecule has 190 valence electrons. The number of likely N-dealkylation sites (N-methyl/N-ethyl adjacent to an activating group) is 1. The molecule has 1 aromatic heterocycles. The molecule has 2 N–H and O–H groups in total. The molecule has 5 atom stereocenters. The molecule has 4 rings (SSSR count). The van der Waals surface area contributed by atoms with E-state index in [1.807, 2.05) is 30.3 Å². The number of nitrogens with one attached hydrogen (secondary N) is 2. The summed E-state index contributed by atoms with van der Waals surface area (Å²) >= 11 is 0. The number of carbonyl (C=O) groups is 1. The van der Waals surface area contributed by atoms with Gasteiger partial charge in [-0.15, -0.1) is 0 Å². The third kappa shape index (κ3) is 5.15. The first-order valence-corrected chi connectivity index (χ1v) is 12.7. The highest BCUT2D eigenvalue weighted by Crippen LogP contribution is 2.49. The summed E-state index contributed by atoms with van der Waals surface area (Å²) in [5.41, 5.74) is -0.641. The van der Waals surface area contributed by atoms with Gasteiger partial charge in [-0.05, 0) is 19.5 Å². The van der Waals surface area contributed by atoms with E-state index in [2.05, 4.69) is 15.6 Å². The number of aryl methyl sites for hydroxylation is 1. The van der Waals surface area contributed by atoms with Crippen LogP contribution in [0.1, 0.15) is 24.3 Å². The molecule has 2 fully saturated rings. The van der Waals surface area contributed by atoms with Crippen molar-refractivity contribution in [2.24, 2.45) is 0 Å². The highest BCUT2D eigenvalue weighted by Gasteiger charge is 2.68. The van der Waals surface area contributed by atoms with Gasteiger partial charge in [0.25, 0.3) is 10.1 Å². The number of nitrogens with zero attached hydrogens (tertiary/aromatic N) is 2. The summed E-state index contributed by atoms with van der Waals surface area (Å²) in [6.45, 7) is 2.81. The van der Waals surface area contributed by atoms with Gasteiger partial charge in [0, 0.05) is 18.7 Å². The number of anilines is 1. The van der Waals surface area contributed by atoms with Gasteiger partial charge in [-0.1, -0.05) is 30.3 Å². The van der Waals surface area contributed by atoms with Crippen LogP contribution in [-0.2, 0) is 39.9 Å². The maximum Gasteiger partial charge on any atom is 0.351 e. The van der Waals surface area contributed by atoms with Gasteiger partial charge in [0.15, 0.2) is 11.8 Å². The number of rotatable bonds is 9. The van der Waals surface area contributed by atoms with E-state index in [9.17, 15) is 18.0 Å². The summed E-state index contributed by atoms with van der Waals surface area (Å²) < 4.78 is 48.8. The van der Waals surface area contributed by atoms with Crippen LogP contribution in [0.25, 0.3) is 0 Å². The lowest BCUT2D eigenvalue weighted by atomic mass is 9.97. The fraction of sp³-hybridized carbons (Fsp3) is 0.500. The first-order valence-electron chi connectivity index (χ1n) is 10.9. The van der Waals surface area contributed by atoms with E-state index >= 15 is 0 Å². The van der Waals surface area contributed by atoms with Crippen molar-refractivity contribution in [2.75, 3.05) is 25.2 Å². The minimum absolute atomic E-state index is 0.142. The molecule has 0 radical (unpaired) electrons. The Morgan fingerprint density at radius 3 is 2.63 bits per heavy atom. The van der Waals surface area contributed by atoms with Crippen LogP contribution < -0.4 is 16.3 Å². The number of aromatic nitrogens is 2. The van der Waals surface area contributed by atoms with Crippen molar-refractivity contribution < 1.29 is 31.6 Å². The van der Waals surface area contributed by atoms with E-state index in [1.54, 1.807) is 14.0 Å². The Morgan fingerprint density at radius 1 is 1.29 bits per heavy atom. The molecular weight excluding hydrogens is 480 g/mol. The molecule has 13 heteroatoms. The topological polar surface area (TPSA) is 147 Å². The lowest BCUT2D eigenvalue weighted by Gasteiger charge is -2.37. The third-order valence-corrected chi connectivity index (χ3v) is 6.42. The molecule has 1 unspecified atom stereocenters. The maximum absolute atomic E-state index is 12.9. The number of benzene rings is 1. The first-order chi connectivity index (χ1) is 16.5. The second-order valence-electron chi connectivity index (χ2n) is 8.56. The number of amides is 1. The SMILES string of the molecule is CNC1O[C@H]2[C@H](n3cc(C)c(NC(C)=O)nc3=O)O[C@]1(COS(C)(=O)=O)[C@H]2OCc1ccccc1. The van der Waals surface area contributed by atoms with Crippen LogP contribution in [0.3, 0.4) is 0 Å². The van der Waals surface area contributed by atoms with Crippen LogP contribution in [0.4, 0.5) is 5.82 Å². The van der Waals surface area contributed by atoms with Crippen LogP contribution in [0.2, 0.25) is 0 Å². The Labute approximate surface area is 202 Å². The van der Waals surface area contributed by atoms with Crippen molar-refractivity contribution in [3.8, 4) is 0 Å². The number of ether oxygens (including phenoxy) is 3. The highest BCUT2D eigenvalue weighted by atomic mass is 32.2. The van der Waals surface area contributed by atoms with Crippen LogP contribution in [0.15, 0.2) is 41.3 Å². The standard InChI is InChI=1S/C22H28N4O8S/c1-13-10-26(21(28)25-18(13)24-14(2)27)19-16-17(31-11-15-8-6-5-7-9-15)22(34-19,20(23-3)33-16)12-32-35(4,29)30/h5-10,16-17,19-20,23H,11-12H2,1-4H3,(H,24,25,27,28)/t16-,17+,19-,20?,22-/m1/s1. The van der Waals surface area contributed by atoms with Gasteiger partial charge in [-0.3, -0.25) is 18.9 Å². The van der Waals surface area contributed by atoms with Crippen molar-refractivity contribution in [3.05, 3.63) is 58.1 Å². The normalized spacial score (nSPS) is 27.8. The van der Waals surface area contributed by atoms with E-state index in [4.69, 9.17) is 18.4 Å². The molecule has 12 nitrogen and oxygen atoms in total. The Hall–Kier alpha value is -2.68. The van der Waals surface area contributed by atoms with Gasteiger partial charge in [0.1, 0.15) is 30.9 Å². The van der Waals surface area contributed by atoms with Crippen molar-refractivity contribution in [2.45, 2.75) is 50.7 Å². The summed E-state index contributed by atoms with van der Waals surface area (Å²) in [4.78, 5) is 28.3. The van der Waals surface area contributed by atoms with Crippen molar-refractivity contribution >= 4 is 21.8 Å². The molecule has 0 aliphatic carbocycles. The van der Waals surface area contributed by atoms with Gasteiger partial charge >= 0.3 is 5.69 Å². The van der Waals surface area contributed by atoms with Crippen LogP contribution in [0, 0.1) is 6.92 Å². The van der Waals surface area contributed by atoms with E-state index in [-0.39, 0.29) is 18.3 Å². The second kappa shape index (κ2) is 9.76. The summed E-state index contributed by atoms with van der Waals surface area (Å²) in [5, 5.41) is 5.49. The van der Waals surface area contributed by atoms with Gasteiger partial charge < -0.3 is 19.5 Å². The van der Waals surface area contributed by atoms with Crippen LogP contribution >= 0.6 is 0 Å². The molecule has 0 saturated carbocycles. The largest absolute Gasteiger partial charge is 0.367 e. The Kier molecular flexibility index (Phi) is 7.09. The lowest BCUT2D eigenvalue weighted by molar-refractivity contribution is -0.228. The average molecular weight is 509 g/mol. The average Bonchev–Trinajstić information content (AvgIpc) is 3.27. The predicted octanol–water partition coefficient (Wildman–Crippen LogP) is 0.284. The summed E-state index contributed by atoms with van der Waals surface area (Å²) in [7, 11) is -2.18. The van der Waals surface area contributed by atoms with Crippen molar-refractivity contribution in [1.82, 2.24) is 14.9 Å². The maximum atomic E-state index is 12.9. The van der Waals surface area contributed by atoms with Gasteiger partial charge in [0.2, 0.25) is 5.91 Å². The molecule has 1 amide bonds. The molecule has 2 aromatic rings. The summed E-state index contributed by atoms with van der Waals surface area (Å²) in [6, 6.07) is 9.42. The molecule has 2 aliphatic heterocycles. The fourth-order valence-corrected chi connectivity index (χ4v) is 4.76. The van der Waals surface area contributed by atoms with Gasteiger partial charge in [-0.25, -0.2) is 4.79 Å². The smallest absolute Gasteiger partial charge is 0.351 e. The second-order valence-corrected chi connectivity index (χ2v) is 10.2. The highest BCUT2D eigenvalue weighted by molar-refractivity contribution is 7.85. The lowest BCUT2D eigenvalue weighted by Crippen LogP contribution is -2.57. The molecule has 2 aliphatic rings. The zero-order valence-electron chi connectivity index (χ0n) is 19.8. The monoisotopic (exact) mass is 508 g/mol. The molecule has 2 bridgehead atoms. The first kappa shape index (κ1) is 25.4. The summed E-state index contributed by atoms with van der Waals surface area (Å²) in [5.74, 6) is -0.219. The zero-order chi connectivity index (χ0) is 25.4. The Balaban J connectivity index is 1.70. The number of hydrogen-bond acceptors (Lipinski definition) is 10. The van der Waals surface area contributed by atoms with E-state index in [1.165, 1.54) is 17.7 Å². The minimum atomic E-state index is -3.82. The summed E-state index contributed by atoms with van der Waals surface area (Å²) in [6.07, 6.45) is -0.874. The molecule has 2 saturated heterocycles. The van der Waals surface area contributed by atoms with E-state index in [0.717, 1.165) is 11.8 Å². The molecule has 0 spiro atoms. The predicted molar refractivity (Wildman–Crippen MR) is 124 cm³/mol. The van der Waals surface area contributed by atoms with Crippen LogP contribution in [0.5, 0.6) is 0 Å². The van der Waals surface area contributed by atoms with E-state index < -0.39 is 52.7 Å². The Morgan fingerprint density at radius 2 is 2.00 bits per heavy atom. The third-order valence-electron chi connectivity index (χ3n) is 5.87. The van der Waals surface area contributed by atoms with E-state index in [0.29, 0.717) is 5.56 Å². The number of carbonyl (C=O) groups excluding carboxylic acids is 1. The minimum Gasteiger partial charge on any atom is -0.367 e. The fourth-order valence-electron chi connectivity index (χ4n) is 4.37.